The largest absolute Gasteiger partial charge is 0.481 e. The van der Waals surface area contributed by atoms with Crippen LogP contribution in [-0.2, 0) is 24.0 Å². The molecule has 0 aliphatic carbocycles. The number of nitrogens with one attached hydrogen (secondary N) is 3. The van der Waals surface area contributed by atoms with E-state index in [4.69, 9.17) is 5.73 Å². The first-order chi connectivity index (χ1) is 15.5. The number of amides is 3. The van der Waals surface area contributed by atoms with Crippen LogP contribution in [0.5, 0.6) is 0 Å². The summed E-state index contributed by atoms with van der Waals surface area (Å²) in [5, 5.41) is 26.3. The predicted molar refractivity (Wildman–Crippen MR) is 122 cm³/mol. The lowest BCUT2D eigenvalue weighted by Crippen LogP contribution is -2.46. The van der Waals surface area contributed by atoms with E-state index in [1.54, 1.807) is 13.8 Å². The average Bonchev–Trinajstić information content (AvgIpc) is 2.77. The number of carbonyl (C=O) groups is 5. The molecule has 0 spiro atoms. The molecule has 11 nitrogen and oxygen atoms in total. The Morgan fingerprint density at radius 1 is 0.788 bits per heavy atom. The van der Waals surface area contributed by atoms with E-state index in [1.165, 1.54) is 6.92 Å². The van der Waals surface area contributed by atoms with Crippen molar-refractivity contribution in [3.05, 3.63) is 0 Å². The molecule has 0 saturated carbocycles. The van der Waals surface area contributed by atoms with E-state index in [0.29, 0.717) is 25.8 Å². The molecule has 0 aromatic rings. The van der Waals surface area contributed by atoms with Gasteiger partial charge in [-0.15, -0.1) is 0 Å². The van der Waals surface area contributed by atoms with Gasteiger partial charge in [-0.25, -0.2) is 4.79 Å². The fraction of sp³-hybridized carbons (Fsp3) is 0.773. The number of aliphatic carboxylic acids is 2. The summed E-state index contributed by atoms with van der Waals surface area (Å²) in [5.41, 5.74) is 5.42. The van der Waals surface area contributed by atoms with Crippen molar-refractivity contribution in [1.29, 1.82) is 0 Å². The van der Waals surface area contributed by atoms with Gasteiger partial charge in [-0.2, -0.15) is 0 Å². The Morgan fingerprint density at radius 3 is 1.88 bits per heavy atom. The van der Waals surface area contributed by atoms with Gasteiger partial charge in [0.2, 0.25) is 17.7 Å². The van der Waals surface area contributed by atoms with Gasteiger partial charge in [-0.05, 0) is 45.1 Å². The zero-order chi connectivity index (χ0) is 25.6. The number of rotatable bonds is 17. The number of carboxylic acids is 2. The second kappa shape index (κ2) is 16.0. The molecule has 33 heavy (non-hydrogen) atoms. The van der Waals surface area contributed by atoms with Crippen LogP contribution in [0.1, 0.15) is 66.2 Å². The highest BCUT2D eigenvalue weighted by molar-refractivity contribution is 5.86. The summed E-state index contributed by atoms with van der Waals surface area (Å²) in [7, 11) is 0. The Labute approximate surface area is 195 Å². The highest BCUT2D eigenvalue weighted by Gasteiger charge is 2.31. The number of nitrogens with two attached hydrogens (primary N) is 1. The molecule has 0 aliphatic rings. The van der Waals surface area contributed by atoms with E-state index in [0.717, 1.165) is 0 Å². The van der Waals surface area contributed by atoms with Crippen LogP contribution in [0.4, 0.5) is 0 Å². The van der Waals surface area contributed by atoms with E-state index in [2.05, 4.69) is 16.0 Å². The summed E-state index contributed by atoms with van der Waals surface area (Å²) in [4.78, 5) is 60.2. The standard InChI is InChI=1S/C22H40N4O7/c1-5-13(3)18(27)24-12-25-19(28)16(10-14(4)21(30)31)11-15(6-2)20(29)26-17(22(32)33)8-7-9-23/h13-17H,5-12,23H2,1-4H3,(H,24,27)(H,25,28)(H,26,29)(H,30,31)(H,32,33). The van der Waals surface area contributed by atoms with Gasteiger partial charge in [0.05, 0.1) is 12.6 Å². The zero-order valence-electron chi connectivity index (χ0n) is 20.1. The van der Waals surface area contributed by atoms with Crippen molar-refractivity contribution >= 4 is 29.7 Å². The van der Waals surface area contributed by atoms with Gasteiger partial charge in [-0.3, -0.25) is 19.2 Å². The normalized spacial score (nSPS) is 15.4. The Balaban J connectivity index is 5.27. The van der Waals surface area contributed by atoms with Crippen LogP contribution < -0.4 is 21.7 Å². The highest BCUT2D eigenvalue weighted by Crippen LogP contribution is 2.23. The summed E-state index contributed by atoms with van der Waals surface area (Å²) in [6.07, 6.45) is 1.65. The third-order valence-corrected chi connectivity index (χ3v) is 5.76. The first-order valence-electron chi connectivity index (χ1n) is 11.5. The Kier molecular flexibility index (Phi) is 14.7. The quantitative estimate of drug-likeness (QED) is 0.167. The second-order valence-corrected chi connectivity index (χ2v) is 8.41. The molecule has 5 unspecified atom stereocenters. The summed E-state index contributed by atoms with van der Waals surface area (Å²) >= 11 is 0. The minimum atomic E-state index is -1.17. The molecule has 5 atom stereocenters. The molecule has 0 aromatic heterocycles. The fourth-order valence-electron chi connectivity index (χ4n) is 3.23. The van der Waals surface area contributed by atoms with Crippen molar-refractivity contribution in [1.82, 2.24) is 16.0 Å². The maximum absolute atomic E-state index is 12.8. The van der Waals surface area contributed by atoms with Crippen molar-refractivity contribution in [2.45, 2.75) is 72.3 Å². The minimum absolute atomic E-state index is 0.000210. The molecule has 0 fully saturated rings. The molecule has 0 bridgehead atoms. The number of hydrogen-bond acceptors (Lipinski definition) is 6. The molecule has 0 radical (unpaired) electrons. The van der Waals surface area contributed by atoms with Crippen molar-refractivity contribution in [3.8, 4) is 0 Å². The van der Waals surface area contributed by atoms with Gasteiger partial charge in [0.1, 0.15) is 6.04 Å². The van der Waals surface area contributed by atoms with Gasteiger partial charge < -0.3 is 31.9 Å². The second-order valence-electron chi connectivity index (χ2n) is 8.41. The zero-order valence-corrected chi connectivity index (χ0v) is 20.1. The van der Waals surface area contributed by atoms with Crippen LogP contribution in [0, 0.1) is 23.7 Å². The molecule has 11 heteroatoms. The van der Waals surface area contributed by atoms with Gasteiger partial charge >= 0.3 is 11.9 Å². The molecule has 0 heterocycles. The summed E-state index contributed by atoms with van der Waals surface area (Å²) < 4.78 is 0. The van der Waals surface area contributed by atoms with E-state index < -0.39 is 47.5 Å². The lowest BCUT2D eigenvalue weighted by molar-refractivity contribution is -0.144. The molecule has 3 amide bonds. The van der Waals surface area contributed by atoms with E-state index >= 15 is 0 Å². The maximum Gasteiger partial charge on any atom is 0.326 e. The van der Waals surface area contributed by atoms with Gasteiger partial charge in [-0.1, -0.05) is 27.7 Å². The van der Waals surface area contributed by atoms with Crippen molar-refractivity contribution < 1.29 is 34.2 Å². The molecular weight excluding hydrogens is 432 g/mol. The first-order valence-corrected chi connectivity index (χ1v) is 11.5. The van der Waals surface area contributed by atoms with Crippen LogP contribution >= 0.6 is 0 Å². The maximum atomic E-state index is 12.8. The summed E-state index contributed by atoms with van der Waals surface area (Å²) in [6, 6.07) is -1.09. The van der Waals surface area contributed by atoms with Crippen molar-refractivity contribution in [2.75, 3.05) is 13.2 Å². The van der Waals surface area contributed by atoms with Crippen molar-refractivity contribution in [3.63, 3.8) is 0 Å². The minimum Gasteiger partial charge on any atom is -0.481 e. The first kappa shape index (κ1) is 30.3. The van der Waals surface area contributed by atoms with Crippen molar-refractivity contribution in [2.24, 2.45) is 29.4 Å². The molecule has 190 valence electrons. The lowest BCUT2D eigenvalue weighted by Gasteiger charge is -2.25. The van der Waals surface area contributed by atoms with E-state index in [9.17, 15) is 34.2 Å². The summed E-state index contributed by atoms with van der Waals surface area (Å²) in [5.74, 6) is -5.95. The smallest absolute Gasteiger partial charge is 0.326 e. The lowest BCUT2D eigenvalue weighted by atomic mass is 9.85. The molecule has 0 rings (SSSR count). The molecular formula is C22H40N4O7. The van der Waals surface area contributed by atoms with Crippen LogP contribution in [-0.4, -0.2) is 59.1 Å². The predicted octanol–water partition coefficient (Wildman–Crippen LogP) is 0.674. The Bertz CT molecular complexity index is 671. The molecule has 0 saturated heterocycles. The van der Waals surface area contributed by atoms with Gasteiger partial charge in [0.15, 0.2) is 0 Å². The number of carbonyl (C=O) groups excluding carboxylic acids is 3. The monoisotopic (exact) mass is 472 g/mol. The average molecular weight is 473 g/mol. The SMILES string of the molecule is CCC(C)C(=O)NCNC(=O)C(CC(C)C(=O)O)CC(CC)C(=O)NC(CCCN)C(=O)O. The van der Waals surface area contributed by atoms with Crippen LogP contribution in [0.3, 0.4) is 0 Å². The number of hydrogen-bond donors (Lipinski definition) is 6. The number of carboxylic acid groups (broad SMARTS) is 2. The van der Waals surface area contributed by atoms with E-state index in [1.807, 2.05) is 6.92 Å². The topological polar surface area (TPSA) is 188 Å². The molecule has 0 aliphatic heterocycles. The van der Waals surface area contributed by atoms with Gasteiger partial charge in [0, 0.05) is 17.8 Å². The highest BCUT2D eigenvalue weighted by atomic mass is 16.4. The molecule has 7 N–H and O–H groups in total. The Hall–Kier alpha value is -2.69. The van der Waals surface area contributed by atoms with E-state index in [-0.39, 0.29) is 37.8 Å². The van der Waals surface area contributed by atoms with Crippen LogP contribution in [0.25, 0.3) is 0 Å². The van der Waals surface area contributed by atoms with Crippen LogP contribution in [0.2, 0.25) is 0 Å². The van der Waals surface area contributed by atoms with Crippen LogP contribution in [0.15, 0.2) is 0 Å². The third kappa shape index (κ3) is 11.7. The third-order valence-electron chi connectivity index (χ3n) is 5.76. The molecule has 0 aromatic carbocycles. The summed E-state index contributed by atoms with van der Waals surface area (Å²) in [6.45, 7) is 7.02. The van der Waals surface area contributed by atoms with Gasteiger partial charge in [0.25, 0.3) is 0 Å². The fourth-order valence-corrected chi connectivity index (χ4v) is 3.23. The Morgan fingerprint density at radius 2 is 1.39 bits per heavy atom.